The van der Waals surface area contributed by atoms with E-state index in [1.54, 1.807) is 0 Å². The molecular weight excluding hydrogens is 224 g/mol. The van der Waals surface area contributed by atoms with E-state index in [0.717, 1.165) is 19.0 Å². The molecule has 0 aromatic carbocycles. The van der Waals surface area contributed by atoms with Crippen LogP contribution in [-0.4, -0.2) is 37.0 Å². The maximum atomic E-state index is 12.5. The SMILES string of the molecule is CN(CC1CCCCN1)C(=O)C1CC2CCC1C2. The highest BCUT2D eigenvalue weighted by atomic mass is 16.2. The summed E-state index contributed by atoms with van der Waals surface area (Å²) in [6.07, 6.45) is 9.01. The van der Waals surface area contributed by atoms with E-state index in [2.05, 4.69) is 5.32 Å². The van der Waals surface area contributed by atoms with Gasteiger partial charge in [0.15, 0.2) is 0 Å². The molecule has 1 N–H and O–H groups in total. The molecule has 3 heteroatoms. The van der Waals surface area contributed by atoms with Crippen LogP contribution >= 0.6 is 0 Å². The van der Waals surface area contributed by atoms with Crippen molar-refractivity contribution in [2.45, 2.75) is 51.0 Å². The van der Waals surface area contributed by atoms with Crippen molar-refractivity contribution in [1.29, 1.82) is 0 Å². The average molecular weight is 250 g/mol. The number of rotatable bonds is 3. The summed E-state index contributed by atoms with van der Waals surface area (Å²) in [5.41, 5.74) is 0. The van der Waals surface area contributed by atoms with Gasteiger partial charge in [-0.1, -0.05) is 12.8 Å². The second-order valence-corrected chi connectivity index (χ2v) is 6.65. The molecule has 3 nitrogen and oxygen atoms in total. The van der Waals surface area contributed by atoms with Gasteiger partial charge >= 0.3 is 0 Å². The van der Waals surface area contributed by atoms with Gasteiger partial charge in [-0.15, -0.1) is 0 Å². The fourth-order valence-electron chi connectivity index (χ4n) is 4.33. The third-order valence-corrected chi connectivity index (χ3v) is 5.34. The molecule has 2 bridgehead atoms. The van der Waals surface area contributed by atoms with Gasteiger partial charge in [0.25, 0.3) is 0 Å². The monoisotopic (exact) mass is 250 g/mol. The summed E-state index contributed by atoms with van der Waals surface area (Å²) in [4.78, 5) is 14.5. The third-order valence-electron chi connectivity index (χ3n) is 5.34. The first-order chi connectivity index (χ1) is 8.74. The number of amides is 1. The first kappa shape index (κ1) is 12.5. The number of likely N-dealkylation sites (N-methyl/N-ethyl adjacent to an activating group) is 1. The first-order valence-corrected chi connectivity index (χ1v) is 7.72. The zero-order valence-corrected chi connectivity index (χ0v) is 11.5. The van der Waals surface area contributed by atoms with Crippen LogP contribution in [0.15, 0.2) is 0 Å². The Bertz CT molecular complexity index is 312. The van der Waals surface area contributed by atoms with E-state index in [4.69, 9.17) is 0 Å². The number of nitrogens with one attached hydrogen (secondary N) is 1. The van der Waals surface area contributed by atoms with Crippen molar-refractivity contribution in [1.82, 2.24) is 10.2 Å². The van der Waals surface area contributed by atoms with Gasteiger partial charge in [-0.25, -0.2) is 0 Å². The van der Waals surface area contributed by atoms with E-state index >= 15 is 0 Å². The fraction of sp³-hybridized carbons (Fsp3) is 0.933. The molecule has 2 saturated carbocycles. The smallest absolute Gasteiger partial charge is 0.225 e. The molecular formula is C15H26N2O. The number of carbonyl (C=O) groups excluding carboxylic acids is 1. The highest BCUT2D eigenvalue weighted by Crippen LogP contribution is 2.48. The van der Waals surface area contributed by atoms with Crippen LogP contribution in [-0.2, 0) is 4.79 Å². The predicted molar refractivity (Wildman–Crippen MR) is 72.2 cm³/mol. The molecule has 4 unspecified atom stereocenters. The van der Waals surface area contributed by atoms with E-state index in [0.29, 0.717) is 23.8 Å². The van der Waals surface area contributed by atoms with Crippen LogP contribution in [0.4, 0.5) is 0 Å². The van der Waals surface area contributed by atoms with E-state index in [1.165, 1.54) is 44.9 Å². The summed E-state index contributed by atoms with van der Waals surface area (Å²) in [5, 5.41) is 3.54. The first-order valence-electron chi connectivity index (χ1n) is 7.72. The Hall–Kier alpha value is -0.570. The molecule has 3 rings (SSSR count). The summed E-state index contributed by atoms with van der Waals surface area (Å²) >= 11 is 0. The molecule has 4 atom stereocenters. The molecule has 0 radical (unpaired) electrons. The Kier molecular flexibility index (Phi) is 3.60. The minimum atomic E-state index is 0.359. The normalized spacial score (nSPS) is 38.9. The summed E-state index contributed by atoms with van der Waals surface area (Å²) in [7, 11) is 2.00. The van der Waals surface area contributed by atoms with Gasteiger partial charge in [-0.3, -0.25) is 4.79 Å². The van der Waals surface area contributed by atoms with Gasteiger partial charge in [0, 0.05) is 25.6 Å². The maximum absolute atomic E-state index is 12.5. The molecule has 1 aliphatic heterocycles. The van der Waals surface area contributed by atoms with E-state index in [1.807, 2.05) is 11.9 Å². The van der Waals surface area contributed by atoms with Crippen molar-refractivity contribution in [2.24, 2.45) is 17.8 Å². The van der Waals surface area contributed by atoms with Crippen LogP contribution in [0.1, 0.15) is 44.9 Å². The summed E-state index contributed by atoms with van der Waals surface area (Å²) < 4.78 is 0. The Morgan fingerprint density at radius 3 is 2.72 bits per heavy atom. The number of nitrogens with zero attached hydrogens (tertiary/aromatic N) is 1. The highest BCUT2D eigenvalue weighted by Gasteiger charge is 2.44. The number of hydrogen-bond donors (Lipinski definition) is 1. The number of carbonyl (C=O) groups is 1. The molecule has 0 aromatic heterocycles. The standard InChI is InChI=1S/C15H26N2O/c1-17(10-13-4-2-3-7-16-13)15(18)14-9-11-5-6-12(14)8-11/h11-14,16H,2-10H2,1H3. The zero-order valence-electron chi connectivity index (χ0n) is 11.5. The van der Waals surface area contributed by atoms with Crippen LogP contribution in [0.3, 0.4) is 0 Å². The fourth-order valence-corrected chi connectivity index (χ4v) is 4.33. The lowest BCUT2D eigenvalue weighted by atomic mass is 9.87. The molecule has 0 aromatic rings. The Morgan fingerprint density at radius 2 is 2.11 bits per heavy atom. The van der Waals surface area contributed by atoms with E-state index in [-0.39, 0.29) is 0 Å². The second kappa shape index (κ2) is 5.20. The third kappa shape index (κ3) is 2.42. The Labute approximate surface area is 110 Å². The highest BCUT2D eigenvalue weighted by molar-refractivity contribution is 5.79. The van der Waals surface area contributed by atoms with Crippen molar-refractivity contribution in [3.8, 4) is 0 Å². The predicted octanol–water partition coefficient (Wildman–Crippen LogP) is 2.02. The zero-order chi connectivity index (χ0) is 12.5. The van der Waals surface area contributed by atoms with E-state index in [9.17, 15) is 4.79 Å². The molecule has 1 amide bonds. The van der Waals surface area contributed by atoms with Crippen molar-refractivity contribution in [2.75, 3.05) is 20.1 Å². The van der Waals surface area contributed by atoms with Crippen molar-refractivity contribution in [3.63, 3.8) is 0 Å². The van der Waals surface area contributed by atoms with Gasteiger partial charge in [0.1, 0.15) is 0 Å². The van der Waals surface area contributed by atoms with Gasteiger partial charge in [0.05, 0.1) is 0 Å². The van der Waals surface area contributed by atoms with Crippen molar-refractivity contribution >= 4 is 5.91 Å². The average Bonchev–Trinajstić information content (AvgIpc) is 3.01. The molecule has 1 saturated heterocycles. The molecule has 0 spiro atoms. The van der Waals surface area contributed by atoms with E-state index < -0.39 is 0 Å². The lowest BCUT2D eigenvalue weighted by molar-refractivity contribution is -0.136. The molecule has 102 valence electrons. The minimum Gasteiger partial charge on any atom is -0.344 e. The largest absolute Gasteiger partial charge is 0.344 e. The maximum Gasteiger partial charge on any atom is 0.225 e. The summed E-state index contributed by atoms with van der Waals surface area (Å²) in [6, 6.07) is 0.534. The Morgan fingerprint density at radius 1 is 1.22 bits per heavy atom. The van der Waals surface area contributed by atoms with Crippen LogP contribution in [0.25, 0.3) is 0 Å². The van der Waals surface area contributed by atoms with Gasteiger partial charge in [-0.05, 0) is 50.5 Å². The second-order valence-electron chi connectivity index (χ2n) is 6.65. The summed E-state index contributed by atoms with van der Waals surface area (Å²) in [5.74, 6) is 2.36. The Balaban J connectivity index is 1.52. The van der Waals surface area contributed by atoms with Crippen LogP contribution < -0.4 is 5.32 Å². The number of piperidine rings is 1. The molecule has 2 aliphatic carbocycles. The quantitative estimate of drug-likeness (QED) is 0.831. The molecule has 1 heterocycles. The lowest BCUT2D eigenvalue weighted by Gasteiger charge is -2.31. The molecule has 3 aliphatic rings. The summed E-state index contributed by atoms with van der Waals surface area (Å²) in [6.45, 7) is 2.04. The topological polar surface area (TPSA) is 32.3 Å². The lowest BCUT2D eigenvalue weighted by Crippen LogP contribution is -2.46. The van der Waals surface area contributed by atoms with Crippen LogP contribution in [0.2, 0.25) is 0 Å². The van der Waals surface area contributed by atoms with Crippen LogP contribution in [0.5, 0.6) is 0 Å². The van der Waals surface area contributed by atoms with Crippen molar-refractivity contribution in [3.05, 3.63) is 0 Å². The van der Waals surface area contributed by atoms with Gasteiger partial charge in [0.2, 0.25) is 5.91 Å². The van der Waals surface area contributed by atoms with Crippen molar-refractivity contribution < 1.29 is 4.79 Å². The van der Waals surface area contributed by atoms with Gasteiger partial charge < -0.3 is 10.2 Å². The molecule has 3 fully saturated rings. The number of fused-ring (bicyclic) bond motifs is 2. The van der Waals surface area contributed by atoms with Gasteiger partial charge in [-0.2, -0.15) is 0 Å². The number of hydrogen-bond acceptors (Lipinski definition) is 2. The molecule has 18 heavy (non-hydrogen) atoms. The minimum absolute atomic E-state index is 0.359. The van der Waals surface area contributed by atoms with Crippen LogP contribution in [0, 0.1) is 17.8 Å².